The highest BCUT2D eigenvalue weighted by atomic mass is 16.3. The van der Waals surface area contributed by atoms with E-state index in [0.29, 0.717) is 17.7 Å². The minimum absolute atomic E-state index is 0.0861. The summed E-state index contributed by atoms with van der Waals surface area (Å²) in [6.45, 7) is 1.69. The number of aliphatic hydroxyl groups excluding tert-OH is 1. The maximum atomic E-state index is 12.0. The molecular weight excluding hydrogens is 284 g/mol. The van der Waals surface area contributed by atoms with Crippen molar-refractivity contribution in [2.75, 3.05) is 11.9 Å². The van der Waals surface area contributed by atoms with E-state index in [9.17, 15) is 9.59 Å². The van der Waals surface area contributed by atoms with Crippen molar-refractivity contribution in [1.82, 2.24) is 5.32 Å². The van der Waals surface area contributed by atoms with Crippen molar-refractivity contribution in [3.63, 3.8) is 0 Å². The summed E-state index contributed by atoms with van der Waals surface area (Å²) in [5, 5.41) is 14.2. The van der Waals surface area contributed by atoms with E-state index in [-0.39, 0.29) is 18.4 Å². The standard InChI is InChI=1S/C16H18N2O4/c1-11(17-16(21)13-7-9-22-10-13)15(20)18-14-4-2-12(3-5-14)6-8-19/h2-5,7,9-11,19H,6,8H2,1H3,(H,17,21)(H,18,20). The first-order valence-electron chi connectivity index (χ1n) is 6.94. The Bertz CT molecular complexity index is 620. The first-order chi connectivity index (χ1) is 10.6. The lowest BCUT2D eigenvalue weighted by Crippen LogP contribution is -2.41. The second kappa shape index (κ2) is 7.42. The Morgan fingerprint density at radius 3 is 2.55 bits per heavy atom. The van der Waals surface area contributed by atoms with Crippen molar-refractivity contribution in [3.8, 4) is 0 Å². The number of furan rings is 1. The molecule has 1 atom stereocenters. The fourth-order valence-electron chi connectivity index (χ4n) is 1.87. The molecule has 0 bridgehead atoms. The zero-order chi connectivity index (χ0) is 15.9. The lowest BCUT2D eigenvalue weighted by molar-refractivity contribution is -0.117. The van der Waals surface area contributed by atoms with Crippen molar-refractivity contribution in [2.24, 2.45) is 0 Å². The minimum atomic E-state index is -0.681. The summed E-state index contributed by atoms with van der Waals surface area (Å²) >= 11 is 0. The zero-order valence-corrected chi connectivity index (χ0v) is 12.2. The van der Waals surface area contributed by atoms with Crippen LogP contribution in [-0.4, -0.2) is 29.6 Å². The molecule has 0 fully saturated rings. The molecule has 2 amide bonds. The van der Waals surface area contributed by atoms with Crippen LogP contribution in [0.25, 0.3) is 0 Å². The second-order valence-corrected chi connectivity index (χ2v) is 4.87. The SMILES string of the molecule is CC(NC(=O)c1ccoc1)C(=O)Nc1ccc(CCO)cc1. The Morgan fingerprint density at radius 2 is 1.95 bits per heavy atom. The van der Waals surface area contributed by atoms with E-state index >= 15 is 0 Å². The van der Waals surface area contributed by atoms with Crippen LogP contribution < -0.4 is 10.6 Å². The van der Waals surface area contributed by atoms with Gasteiger partial charge in [0.25, 0.3) is 5.91 Å². The fraction of sp³-hybridized carbons (Fsp3) is 0.250. The fourth-order valence-corrected chi connectivity index (χ4v) is 1.87. The molecule has 6 heteroatoms. The topological polar surface area (TPSA) is 91.6 Å². The molecule has 0 aliphatic heterocycles. The summed E-state index contributed by atoms with van der Waals surface area (Å²) in [6, 6.07) is 8.03. The lowest BCUT2D eigenvalue weighted by Gasteiger charge is -2.13. The monoisotopic (exact) mass is 302 g/mol. The molecule has 2 aromatic rings. The Kier molecular flexibility index (Phi) is 5.32. The average molecular weight is 302 g/mol. The Labute approximate surface area is 128 Å². The van der Waals surface area contributed by atoms with Gasteiger partial charge in [-0.15, -0.1) is 0 Å². The minimum Gasteiger partial charge on any atom is -0.472 e. The number of rotatable bonds is 6. The van der Waals surface area contributed by atoms with E-state index in [2.05, 4.69) is 10.6 Å². The molecule has 1 heterocycles. The molecule has 1 aromatic carbocycles. The third-order valence-corrected chi connectivity index (χ3v) is 3.15. The van der Waals surface area contributed by atoms with Crippen LogP contribution in [0.4, 0.5) is 5.69 Å². The van der Waals surface area contributed by atoms with Crippen LogP contribution in [0.2, 0.25) is 0 Å². The van der Waals surface area contributed by atoms with Crippen LogP contribution >= 0.6 is 0 Å². The first-order valence-corrected chi connectivity index (χ1v) is 6.94. The van der Waals surface area contributed by atoms with Crippen LogP contribution in [0.5, 0.6) is 0 Å². The van der Waals surface area contributed by atoms with Gasteiger partial charge in [-0.05, 0) is 37.1 Å². The maximum Gasteiger partial charge on any atom is 0.255 e. The van der Waals surface area contributed by atoms with E-state index in [0.717, 1.165) is 5.56 Å². The molecule has 22 heavy (non-hydrogen) atoms. The van der Waals surface area contributed by atoms with Gasteiger partial charge in [-0.2, -0.15) is 0 Å². The van der Waals surface area contributed by atoms with Crippen molar-refractivity contribution in [2.45, 2.75) is 19.4 Å². The summed E-state index contributed by atoms with van der Waals surface area (Å²) in [5.74, 6) is -0.679. The normalized spacial score (nSPS) is 11.7. The Morgan fingerprint density at radius 1 is 1.23 bits per heavy atom. The predicted octanol–water partition coefficient (Wildman–Crippen LogP) is 1.57. The van der Waals surface area contributed by atoms with E-state index in [1.807, 2.05) is 12.1 Å². The van der Waals surface area contributed by atoms with Gasteiger partial charge in [0, 0.05) is 12.3 Å². The van der Waals surface area contributed by atoms with Crippen molar-refractivity contribution in [3.05, 3.63) is 54.0 Å². The van der Waals surface area contributed by atoms with Gasteiger partial charge in [0.15, 0.2) is 0 Å². The van der Waals surface area contributed by atoms with Crippen LogP contribution in [0.1, 0.15) is 22.8 Å². The second-order valence-electron chi connectivity index (χ2n) is 4.87. The van der Waals surface area contributed by atoms with Gasteiger partial charge in [0.1, 0.15) is 12.3 Å². The van der Waals surface area contributed by atoms with Crippen molar-refractivity contribution in [1.29, 1.82) is 0 Å². The molecule has 0 radical (unpaired) electrons. The summed E-state index contributed by atoms with van der Waals surface area (Å²) in [4.78, 5) is 23.9. The van der Waals surface area contributed by atoms with Gasteiger partial charge in [-0.1, -0.05) is 12.1 Å². The van der Waals surface area contributed by atoms with Crippen molar-refractivity contribution < 1.29 is 19.1 Å². The van der Waals surface area contributed by atoms with Gasteiger partial charge >= 0.3 is 0 Å². The van der Waals surface area contributed by atoms with Gasteiger partial charge in [-0.3, -0.25) is 9.59 Å². The molecule has 2 rings (SSSR count). The molecule has 0 saturated carbocycles. The summed E-state index contributed by atoms with van der Waals surface area (Å²) in [6.07, 6.45) is 3.29. The molecule has 1 aromatic heterocycles. The molecule has 1 unspecified atom stereocenters. The third kappa shape index (κ3) is 4.20. The van der Waals surface area contributed by atoms with Gasteiger partial charge < -0.3 is 20.2 Å². The number of benzene rings is 1. The predicted molar refractivity (Wildman–Crippen MR) is 81.5 cm³/mol. The highest BCUT2D eigenvalue weighted by Gasteiger charge is 2.17. The number of carbonyl (C=O) groups excluding carboxylic acids is 2. The van der Waals surface area contributed by atoms with Crippen molar-refractivity contribution >= 4 is 17.5 Å². The van der Waals surface area contributed by atoms with E-state index in [1.165, 1.54) is 18.6 Å². The highest BCUT2D eigenvalue weighted by molar-refractivity contribution is 6.00. The molecule has 0 aliphatic rings. The van der Waals surface area contributed by atoms with Gasteiger partial charge in [0.2, 0.25) is 5.91 Å². The largest absolute Gasteiger partial charge is 0.472 e. The quantitative estimate of drug-likeness (QED) is 0.755. The number of amides is 2. The third-order valence-electron chi connectivity index (χ3n) is 3.15. The highest BCUT2D eigenvalue weighted by Crippen LogP contribution is 2.10. The van der Waals surface area contributed by atoms with E-state index in [1.54, 1.807) is 19.1 Å². The average Bonchev–Trinajstić information content (AvgIpc) is 3.04. The van der Waals surface area contributed by atoms with Crippen LogP contribution in [0.15, 0.2) is 47.3 Å². The zero-order valence-electron chi connectivity index (χ0n) is 12.2. The molecule has 6 nitrogen and oxygen atoms in total. The summed E-state index contributed by atoms with van der Waals surface area (Å²) < 4.78 is 4.83. The molecule has 0 spiro atoms. The number of aliphatic hydroxyl groups is 1. The molecule has 0 aliphatic carbocycles. The molecule has 3 N–H and O–H groups in total. The first kappa shape index (κ1) is 15.8. The maximum absolute atomic E-state index is 12.0. The Balaban J connectivity index is 1.89. The van der Waals surface area contributed by atoms with Gasteiger partial charge in [-0.25, -0.2) is 0 Å². The molecular formula is C16H18N2O4. The van der Waals surface area contributed by atoms with Crippen LogP contribution in [-0.2, 0) is 11.2 Å². The smallest absolute Gasteiger partial charge is 0.255 e. The molecule has 0 saturated heterocycles. The number of hydrogen-bond acceptors (Lipinski definition) is 4. The van der Waals surface area contributed by atoms with Crippen LogP contribution in [0, 0.1) is 0 Å². The number of nitrogens with one attached hydrogen (secondary N) is 2. The summed E-state index contributed by atoms with van der Waals surface area (Å²) in [7, 11) is 0. The van der Waals surface area contributed by atoms with Crippen LogP contribution in [0.3, 0.4) is 0 Å². The van der Waals surface area contributed by atoms with E-state index in [4.69, 9.17) is 9.52 Å². The van der Waals surface area contributed by atoms with Gasteiger partial charge in [0.05, 0.1) is 11.8 Å². The number of hydrogen-bond donors (Lipinski definition) is 3. The number of anilines is 1. The number of carbonyl (C=O) groups is 2. The summed E-state index contributed by atoms with van der Waals surface area (Å²) in [5.41, 5.74) is 1.99. The molecule has 116 valence electrons. The van der Waals surface area contributed by atoms with E-state index < -0.39 is 6.04 Å². The Hall–Kier alpha value is -2.60. The lowest BCUT2D eigenvalue weighted by atomic mass is 10.1.